The van der Waals surface area contributed by atoms with Crippen LogP contribution < -0.4 is 10.2 Å². The van der Waals surface area contributed by atoms with Gasteiger partial charge in [0.1, 0.15) is 5.82 Å². The first-order valence-corrected chi connectivity index (χ1v) is 8.05. The Morgan fingerprint density at radius 3 is 2.45 bits per heavy atom. The van der Waals surface area contributed by atoms with E-state index >= 15 is 0 Å². The summed E-state index contributed by atoms with van der Waals surface area (Å²) in [7, 11) is -1.53. The number of carbonyl (C=O) groups is 1. The van der Waals surface area contributed by atoms with Crippen molar-refractivity contribution in [3.05, 3.63) is 30.1 Å². The van der Waals surface area contributed by atoms with Crippen molar-refractivity contribution in [3.63, 3.8) is 0 Å². The van der Waals surface area contributed by atoms with Crippen LogP contribution in [0.15, 0.2) is 24.3 Å². The lowest BCUT2D eigenvalue weighted by molar-refractivity contribution is 0.237. The zero-order valence-electron chi connectivity index (χ0n) is 11.4. The van der Waals surface area contributed by atoms with Gasteiger partial charge in [-0.25, -0.2) is 17.6 Å². The van der Waals surface area contributed by atoms with E-state index in [2.05, 4.69) is 5.32 Å². The van der Waals surface area contributed by atoms with Crippen LogP contribution in [0.1, 0.15) is 13.3 Å². The highest BCUT2D eigenvalue weighted by molar-refractivity contribution is 7.91. The van der Waals surface area contributed by atoms with E-state index in [0.717, 1.165) is 0 Å². The Balaban J connectivity index is 2.07. The van der Waals surface area contributed by atoms with Crippen LogP contribution in [0.25, 0.3) is 0 Å². The summed E-state index contributed by atoms with van der Waals surface area (Å²) in [5, 5.41) is 2.74. The molecule has 110 valence electrons. The summed E-state index contributed by atoms with van der Waals surface area (Å²) >= 11 is 0. The van der Waals surface area contributed by atoms with Gasteiger partial charge in [-0.15, -0.1) is 0 Å². The summed E-state index contributed by atoms with van der Waals surface area (Å²) in [6.07, 6.45) is 0.401. The smallest absolute Gasteiger partial charge is 0.322 e. The van der Waals surface area contributed by atoms with Crippen molar-refractivity contribution in [3.8, 4) is 0 Å². The third kappa shape index (κ3) is 3.27. The second-order valence-corrected chi connectivity index (χ2v) is 7.55. The van der Waals surface area contributed by atoms with Crippen LogP contribution in [0.5, 0.6) is 0 Å². The standard InChI is InChI=1S/C13H17FN2O3S/c1-13(7-8-20(18,19)9-13)15-12(17)16(2)11-5-3-10(14)4-6-11/h3-6H,7-9H2,1-2H3,(H,15,17)/t13-/m0/s1. The zero-order valence-corrected chi connectivity index (χ0v) is 12.2. The fourth-order valence-corrected chi connectivity index (χ4v) is 4.33. The molecule has 1 aromatic carbocycles. The molecule has 1 aliphatic heterocycles. The maximum Gasteiger partial charge on any atom is 0.322 e. The molecule has 1 fully saturated rings. The van der Waals surface area contributed by atoms with E-state index in [1.165, 1.54) is 29.2 Å². The fourth-order valence-electron chi connectivity index (χ4n) is 2.23. The molecule has 2 rings (SSSR count). The Bertz CT molecular complexity index is 615. The lowest BCUT2D eigenvalue weighted by Crippen LogP contribution is -2.51. The van der Waals surface area contributed by atoms with Gasteiger partial charge in [0, 0.05) is 12.7 Å². The van der Waals surface area contributed by atoms with Gasteiger partial charge in [-0.1, -0.05) is 0 Å². The van der Waals surface area contributed by atoms with Crippen molar-refractivity contribution in [2.45, 2.75) is 18.9 Å². The number of anilines is 1. The molecule has 1 aliphatic rings. The second-order valence-electron chi connectivity index (χ2n) is 5.37. The molecule has 7 heteroatoms. The first-order valence-electron chi connectivity index (χ1n) is 6.23. The lowest BCUT2D eigenvalue weighted by Gasteiger charge is -2.27. The maximum atomic E-state index is 12.8. The number of nitrogens with zero attached hydrogens (tertiary/aromatic N) is 1. The number of sulfone groups is 1. The molecule has 0 saturated carbocycles. The van der Waals surface area contributed by atoms with Crippen LogP contribution in [0.2, 0.25) is 0 Å². The van der Waals surface area contributed by atoms with Crippen molar-refractivity contribution >= 4 is 21.6 Å². The average Bonchev–Trinajstić information content (AvgIpc) is 2.63. The molecular weight excluding hydrogens is 283 g/mol. The number of amides is 2. The number of urea groups is 1. The van der Waals surface area contributed by atoms with Gasteiger partial charge in [-0.3, -0.25) is 4.90 Å². The van der Waals surface area contributed by atoms with E-state index in [1.807, 2.05) is 0 Å². The topological polar surface area (TPSA) is 66.5 Å². The number of benzene rings is 1. The maximum absolute atomic E-state index is 12.8. The molecule has 1 N–H and O–H groups in total. The normalized spacial score (nSPS) is 24.4. The molecule has 0 radical (unpaired) electrons. The molecule has 0 unspecified atom stereocenters. The minimum absolute atomic E-state index is 0.0526. The molecule has 0 aromatic heterocycles. The molecule has 0 spiro atoms. The van der Waals surface area contributed by atoms with Gasteiger partial charge in [0.05, 0.1) is 17.0 Å². The summed E-state index contributed by atoms with van der Waals surface area (Å²) in [5.74, 6) is -0.344. The number of hydrogen-bond acceptors (Lipinski definition) is 3. The average molecular weight is 300 g/mol. The molecule has 2 amide bonds. The quantitative estimate of drug-likeness (QED) is 0.901. The van der Waals surface area contributed by atoms with E-state index in [0.29, 0.717) is 12.1 Å². The van der Waals surface area contributed by atoms with Gasteiger partial charge >= 0.3 is 6.03 Å². The molecule has 1 saturated heterocycles. The zero-order chi connectivity index (χ0) is 15.0. The van der Waals surface area contributed by atoms with Gasteiger partial charge in [0.25, 0.3) is 0 Å². The van der Waals surface area contributed by atoms with Crippen molar-refractivity contribution in [1.82, 2.24) is 5.32 Å². The lowest BCUT2D eigenvalue weighted by atomic mass is 10.0. The summed E-state index contributed by atoms with van der Waals surface area (Å²) in [4.78, 5) is 13.5. The summed E-state index contributed by atoms with van der Waals surface area (Å²) in [6, 6.07) is 5.10. The molecule has 1 heterocycles. The van der Waals surface area contributed by atoms with E-state index in [9.17, 15) is 17.6 Å². The third-order valence-corrected chi connectivity index (χ3v) is 5.33. The number of rotatable bonds is 2. The Morgan fingerprint density at radius 2 is 1.95 bits per heavy atom. The highest BCUT2D eigenvalue weighted by Gasteiger charge is 2.40. The van der Waals surface area contributed by atoms with Crippen molar-refractivity contribution in [1.29, 1.82) is 0 Å². The van der Waals surface area contributed by atoms with Crippen molar-refractivity contribution in [2.75, 3.05) is 23.5 Å². The summed E-state index contributed by atoms with van der Waals surface area (Å²) in [6.45, 7) is 1.72. The number of carbonyl (C=O) groups excluding carboxylic acids is 1. The van der Waals surface area contributed by atoms with Gasteiger partial charge < -0.3 is 5.32 Å². The van der Waals surface area contributed by atoms with Crippen LogP contribution in [0.3, 0.4) is 0 Å². The number of hydrogen-bond donors (Lipinski definition) is 1. The van der Waals surface area contributed by atoms with E-state index in [4.69, 9.17) is 0 Å². The summed E-state index contributed by atoms with van der Waals surface area (Å²) in [5.41, 5.74) is -0.210. The van der Waals surface area contributed by atoms with Gasteiger partial charge in [-0.05, 0) is 37.6 Å². The van der Waals surface area contributed by atoms with Crippen LogP contribution in [0, 0.1) is 5.82 Å². The van der Waals surface area contributed by atoms with Crippen LogP contribution in [-0.2, 0) is 9.84 Å². The van der Waals surface area contributed by atoms with Gasteiger partial charge in [-0.2, -0.15) is 0 Å². The Labute approximate surface area is 117 Å². The van der Waals surface area contributed by atoms with Crippen molar-refractivity contribution in [2.24, 2.45) is 0 Å². The molecule has 0 aliphatic carbocycles. The first kappa shape index (κ1) is 14.8. The minimum Gasteiger partial charge on any atom is -0.331 e. The fraction of sp³-hybridized carbons (Fsp3) is 0.462. The highest BCUT2D eigenvalue weighted by atomic mass is 32.2. The monoisotopic (exact) mass is 300 g/mol. The molecule has 0 bridgehead atoms. The highest BCUT2D eigenvalue weighted by Crippen LogP contribution is 2.23. The molecule has 5 nitrogen and oxygen atoms in total. The minimum atomic E-state index is -3.08. The largest absolute Gasteiger partial charge is 0.331 e. The number of halogens is 1. The van der Waals surface area contributed by atoms with Crippen LogP contribution in [-0.4, -0.2) is 38.5 Å². The Morgan fingerprint density at radius 1 is 1.35 bits per heavy atom. The first-order chi connectivity index (χ1) is 9.21. The van der Waals surface area contributed by atoms with Crippen LogP contribution in [0.4, 0.5) is 14.9 Å². The van der Waals surface area contributed by atoms with E-state index in [1.54, 1.807) is 14.0 Å². The number of nitrogens with one attached hydrogen (secondary N) is 1. The Hall–Kier alpha value is -1.63. The SMILES string of the molecule is CN(C(=O)N[C@@]1(C)CCS(=O)(=O)C1)c1ccc(F)cc1. The predicted molar refractivity (Wildman–Crippen MR) is 75.0 cm³/mol. The molecular formula is C13H17FN2O3S. The third-order valence-electron chi connectivity index (χ3n) is 3.43. The molecule has 1 atom stereocenters. The van der Waals surface area contributed by atoms with Gasteiger partial charge in [0.2, 0.25) is 0 Å². The second kappa shape index (κ2) is 5.05. The molecule has 20 heavy (non-hydrogen) atoms. The predicted octanol–water partition coefficient (Wildman–Crippen LogP) is 1.55. The van der Waals surface area contributed by atoms with Crippen molar-refractivity contribution < 1.29 is 17.6 Å². The Kier molecular flexibility index (Phi) is 3.73. The van der Waals surface area contributed by atoms with E-state index in [-0.39, 0.29) is 17.3 Å². The van der Waals surface area contributed by atoms with Gasteiger partial charge in [0.15, 0.2) is 9.84 Å². The molecule has 1 aromatic rings. The summed E-state index contributed by atoms with van der Waals surface area (Å²) < 4.78 is 35.8. The van der Waals surface area contributed by atoms with E-state index < -0.39 is 21.4 Å². The van der Waals surface area contributed by atoms with Crippen LogP contribution >= 0.6 is 0 Å².